The summed E-state index contributed by atoms with van der Waals surface area (Å²) in [6.45, 7) is 4.45. The minimum atomic E-state index is -0.328. The van der Waals surface area contributed by atoms with Crippen molar-refractivity contribution in [1.29, 1.82) is 0 Å². The van der Waals surface area contributed by atoms with Gasteiger partial charge in [-0.15, -0.1) is 0 Å². The monoisotopic (exact) mass is 219 g/mol. The minimum absolute atomic E-state index is 0.201. The molecule has 2 aromatic heterocycles. The molecule has 0 aliphatic heterocycles. The molecule has 0 amide bonds. The number of hydrogen-bond acceptors (Lipinski definition) is 3. The summed E-state index contributed by atoms with van der Waals surface area (Å²) in [6.07, 6.45) is 3.42. The lowest BCUT2D eigenvalue weighted by atomic mass is 10.1. The zero-order valence-corrected chi connectivity index (χ0v) is 9.57. The number of aromatic amines is 1. The summed E-state index contributed by atoms with van der Waals surface area (Å²) in [7, 11) is 0. The summed E-state index contributed by atoms with van der Waals surface area (Å²) in [6, 6.07) is 4.18. The molecule has 2 unspecified atom stereocenters. The molecule has 4 nitrogen and oxygen atoms in total. The first-order chi connectivity index (χ1) is 7.68. The van der Waals surface area contributed by atoms with Gasteiger partial charge in [0, 0.05) is 30.4 Å². The van der Waals surface area contributed by atoms with Gasteiger partial charge in [-0.3, -0.25) is 0 Å². The van der Waals surface area contributed by atoms with E-state index in [1.165, 1.54) is 5.56 Å². The number of nitrogens with zero attached hydrogens (tertiary/aromatic N) is 1. The number of fused-ring (bicyclic) bond motifs is 1. The second kappa shape index (κ2) is 4.63. The van der Waals surface area contributed by atoms with Gasteiger partial charge in [0.25, 0.3) is 0 Å². The molecule has 0 bridgehead atoms. The Balaban J connectivity index is 2.19. The summed E-state index contributed by atoms with van der Waals surface area (Å²) >= 11 is 0. The van der Waals surface area contributed by atoms with Crippen molar-refractivity contribution in [2.24, 2.45) is 0 Å². The zero-order chi connectivity index (χ0) is 11.5. The van der Waals surface area contributed by atoms with Crippen LogP contribution in [0.1, 0.15) is 25.5 Å². The molecule has 4 heteroatoms. The molecule has 2 atom stereocenters. The van der Waals surface area contributed by atoms with Crippen LogP contribution in [0.2, 0.25) is 0 Å². The van der Waals surface area contributed by atoms with E-state index in [1.54, 1.807) is 13.1 Å². The van der Waals surface area contributed by atoms with Gasteiger partial charge in [0.15, 0.2) is 0 Å². The fourth-order valence-electron chi connectivity index (χ4n) is 1.79. The Morgan fingerprint density at radius 3 is 3.06 bits per heavy atom. The number of aromatic nitrogens is 2. The van der Waals surface area contributed by atoms with Crippen molar-refractivity contribution < 1.29 is 5.11 Å². The maximum atomic E-state index is 9.23. The van der Waals surface area contributed by atoms with E-state index in [2.05, 4.69) is 28.3 Å². The highest BCUT2D eigenvalue weighted by Crippen LogP contribution is 2.22. The SMILES string of the molecule is CC(O)CNC(C)c1c[nH]c2ncccc12. The molecule has 0 saturated carbocycles. The number of nitrogens with one attached hydrogen (secondary N) is 2. The minimum Gasteiger partial charge on any atom is -0.392 e. The molecule has 2 rings (SSSR count). The van der Waals surface area contributed by atoms with Gasteiger partial charge in [0.1, 0.15) is 5.65 Å². The lowest BCUT2D eigenvalue weighted by molar-refractivity contribution is 0.187. The summed E-state index contributed by atoms with van der Waals surface area (Å²) in [5.41, 5.74) is 2.09. The molecule has 16 heavy (non-hydrogen) atoms. The molecule has 0 fully saturated rings. The second-order valence-corrected chi connectivity index (χ2v) is 4.12. The molecule has 0 aromatic carbocycles. The van der Waals surface area contributed by atoms with Crippen molar-refractivity contribution in [3.8, 4) is 0 Å². The number of aliphatic hydroxyl groups excluding tert-OH is 1. The van der Waals surface area contributed by atoms with E-state index in [1.807, 2.05) is 12.3 Å². The predicted octanol–water partition coefficient (Wildman–Crippen LogP) is 1.59. The number of rotatable bonds is 4. The third kappa shape index (κ3) is 2.23. The van der Waals surface area contributed by atoms with Gasteiger partial charge in [-0.05, 0) is 31.5 Å². The van der Waals surface area contributed by atoms with Gasteiger partial charge < -0.3 is 15.4 Å². The second-order valence-electron chi connectivity index (χ2n) is 4.12. The van der Waals surface area contributed by atoms with Crippen molar-refractivity contribution in [1.82, 2.24) is 15.3 Å². The summed E-state index contributed by atoms with van der Waals surface area (Å²) < 4.78 is 0. The van der Waals surface area contributed by atoms with E-state index in [9.17, 15) is 5.11 Å². The van der Waals surface area contributed by atoms with E-state index in [-0.39, 0.29) is 12.1 Å². The highest BCUT2D eigenvalue weighted by atomic mass is 16.3. The maximum Gasteiger partial charge on any atom is 0.137 e. The fourth-order valence-corrected chi connectivity index (χ4v) is 1.79. The molecule has 86 valence electrons. The van der Waals surface area contributed by atoms with Crippen LogP contribution in [0.25, 0.3) is 11.0 Å². The Labute approximate surface area is 94.7 Å². The van der Waals surface area contributed by atoms with Crippen LogP contribution < -0.4 is 5.32 Å². The van der Waals surface area contributed by atoms with Crippen molar-refractivity contribution in [3.63, 3.8) is 0 Å². The van der Waals surface area contributed by atoms with Crippen LogP contribution in [0, 0.1) is 0 Å². The number of pyridine rings is 1. The first-order valence-electron chi connectivity index (χ1n) is 5.52. The standard InChI is InChI=1S/C12H17N3O/c1-8(16)6-14-9(2)11-7-15-12-10(11)4-3-5-13-12/h3-5,7-9,14,16H,6H2,1-2H3,(H,13,15). The van der Waals surface area contributed by atoms with E-state index in [0.29, 0.717) is 6.54 Å². The Hall–Kier alpha value is -1.39. The van der Waals surface area contributed by atoms with E-state index < -0.39 is 0 Å². The van der Waals surface area contributed by atoms with E-state index in [0.717, 1.165) is 11.0 Å². The predicted molar refractivity (Wildman–Crippen MR) is 64.2 cm³/mol. The van der Waals surface area contributed by atoms with Gasteiger partial charge in [0.05, 0.1) is 6.10 Å². The molecule has 0 radical (unpaired) electrons. The van der Waals surface area contributed by atoms with Crippen molar-refractivity contribution >= 4 is 11.0 Å². The average molecular weight is 219 g/mol. The van der Waals surface area contributed by atoms with Crippen LogP contribution >= 0.6 is 0 Å². The van der Waals surface area contributed by atoms with E-state index >= 15 is 0 Å². The number of hydrogen-bond donors (Lipinski definition) is 3. The highest BCUT2D eigenvalue weighted by Gasteiger charge is 2.11. The zero-order valence-electron chi connectivity index (χ0n) is 9.57. The first kappa shape index (κ1) is 11.1. The number of H-pyrrole nitrogens is 1. The Morgan fingerprint density at radius 2 is 2.31 bits per heavy atom. The van der Waals surface area contributed by atoms with Crippen LogP contribution in [0.3, 0.4) is 0 Å². The third-order valence-corrected chi connectivity index (χ3v) is 2.67. The normalized spacial score (nSPS) is 15.2. The van der Waals surface area contributed by atoms with Crippen molar-refractivity contribution in [2.45, 2.75) is 26.0 Å². The number of aliphatic hydroxyl groups is 1. The van der Waals surface area contributed by atoms with Crippen LogP contribution in [0.15, 0.2) is 24.5 Å². The molecule has 0 saturated heterocycles. The average Bonchev–Trinajstić information content (AvgIpc) is 2.69. The Kier molecular flexibility index (Phi) is 3.22. The molecule has 0 spiro atoms. The van der Waals surface area contributed by atoms with Gasteiger partial charge in [-0.25, -0.2) is 4.98 Å². The van der Waals surface area contributed by atoms with Gasteiger partial charge in [0.2, 0.25) is 0 Å². The Bertz CT molecular complexity index is 464. The van der Waals surface area contributed by atoms with Gasteiger partial charge in [-0.2, -0.15) is 0 Å². The van der Waals surface area contributed by atoms with Gasteiger partial charge in [-0.1, -0.05) is 0 Å². The lowest BCUT2D eigenvalue weighted by Gasteiger charge is -2.14. The molecule has 3 N–H and O–H groups in total. The molecule has 2 aromatic rings. The van der Waals surface area contributed by atoms with Crippen molar-refractivity contribution in [2.75, 3.05) is 6.54 Å². The maximum absolute atomic E-state index is 9.23. The van der Waals surface area contributed by atoms with Crippen LogP contribution in [0.4, 0.5) is 0 Å². The molecular formula is C12H17N3O. The summed E-state index contributed by atoms with van der Waals surface area (Å²) in [5, 5.41) is 13.6. The van der Waals surface area contributed by atoms with Gasteiger partial charge >= 0.3 is 0 Å². The molecule has 0 aliphatic rings. The third-order valence-electron chi connectivity index (χ3n) is 2.67. The van der Waals surface area contributed by atoms with E-state index in [4.69, 9.17) is 0 Å². The lowest BCUT2D eigenvalue weighted by Crippen LogP contribution is -2.26. The Morgan fingerprint density at radius 1 is 1.50 bits per heavy atom. The largest absolute Gasteiger partial charge is 0.392 e. The first-order valence-corrected chi connectivity index (χ1v) is 5.52. The summed E-state index contributed by atoms with van der Waals surface area (Å²) in [4.78, 5) is 7.39. The molecular weight excluding hydrogens is 202 g/mol. The van der Waals surface area contributed by atoms with Crippen molar-refractivity contribution in [3.05, 3.63) is 30.1 Å². The van der Waals surface area contributed by atoms with Crippen LogP contribution in [-0.4, -0.2) is 27.7 Å². The fraction of sp³-hybridized carbons (Fsp3) is 0.417. The van der Waals surface area contributed by atoms with Crippen LogP contribution in [0.5, 0.6) is 0 Å². The quantitative estimate of drug-likeness (QED) is 0.732. The topological polar surface area (TPSA) is 60.9 Å². The summed E-state index contributed by atoms with van der Waals surface area (Å²) in [5.74, 6) is 0. The highest BCUT2D eigenvalue weighted by molar-refractivity contribution is 5.79. The molecule has 0 aliphatic carbocycles. The van der Waals surface area contributed by atoms with Crippen LogP contribution in [-0.2, 0) is 0 Å². The smallest absolute Gasteiger partial charge is 0.137 e. The molecule has 2 heterocycles.